The Hall–Kier alpha value is -2.37. The van der Waals surface area contributed by atoms with Crippen LogP contribution in [0.1, 0.15) is 50.3 Å². The summed E-state index contributed by atoms with van der Waals surface area (Å²) >= 11 is 0. The van der Waals surface area contributed by atoms with E-state index in [0.29, 0.717) is 12.3 Å². The lowest BCUT2D eigenvalue weighted by molar-refractivity contribution is -0.178. The van der Waals surface area contributed by atoms with Crippen molar-refractivity contribution in [3.8, 4) is 0 Å². The van der Waals surface area contributed by atoms with Crippen LogP contribution in [0.5, 0.6) is 0 Å². The average molecular weight is 409 g/mol. The fraction of sp³-hybridized carbons (Fsp3) is 0.435. The van der Waals surface area contributed by atoms with Crippen LogP contribution < -0.4 is 5.32 Å². The van der Waals surface area contributed by atoms with Crippen molar-refractivity contribution < 1.29 is 22.4 Å². The second-order valence-electron chi connectivity index (χ2n) is 7.80. The van der Waals surface area contributed by atoms with Crippen molar-refractivity contribution in [1.29, 1.82) is 0 Å². The number of nitrogens with one attached hydrogen (secondary N) is 1. The predicted octanol–water partition coefficient (Wildman–Crippen LogP) is 6.51. The van der Waals surface area contributed by atoms with Crippen LogP contribution in [-0.4, -0.2) is 12.1 Å². The molecule has 0 unspecified atom stereocenters. The van der Waals surface area contributed by atoms with E-state index < -0.39 is 29.7 Å². The molecule has 2 nitrogen and oxygen atoms in total. The Bertz CT molecular complexity index is 828. The van der Waals surface area contributed by atoms with E-state index in [1.807, 2.05) is 20.8 Å². The van der Waals surface area contributed by atoms with Gasteiger partial charge >= 0.3 is 6.18 Å². The first-order chi connectivity index (χ1) is 13.5. The lowest BCUT2D eigenvalue weighted by Gasteiger charge is -2.26. The maximum atomic E-state index is 14.2. The van der Waals surface area contributed by atoms with Gasteiger partial charge in [-0.25, -0.2) is 4.39 Å². The van der Waals surface area contributed by atoms with Gasteiger partial charge in [0.25, 0.3) is 0 Å². The second-order valence-corrected chi connectivity index (χ2v) is 7.80. The predicted molar refractivity (Wildman–Crippen MR) is 107 cm³/mol. The second kappa shape index (κ2) is 9.42. The van der Waals surface area contributed by atoms with Crippen molar-refractivity contribution in [2.24, 2.45) is 11.8 Å². The van der Waals surface area contributed by atoms with Crippen molar-refractivity contribution >= 4 is 11.6 Å². The Balaban J connectivity index is 2.37. The normalized spacial score (nSPS) is 14.0. The molecule has 2 aromatic rings. The summed E-state index contributed by atoms with van der Waals surface area (Å²) in [4.78, 5) is 12.9. The van der Waals surface area contributed by atoms with E-state index in [1.165, 1.54) is 24.3 Å². The van der Waals surface area contributed by atoms with Gasteiger partial charge in [0, 0.05) is 0 Å². The molecule has 1 N–H and O–H groups in total. The molecule has 0 fully saturated rings. The van der Waals surface area contributed by atoms with Gasteiger partial charge in [-0.1, -0.05) is 58.0 Å². The lowest BCUT2D eigenvalue weighted by Crippen LogP contribution is -2.34. The molecule has 0 aliphatic heterocycles. The van der Waals surface area contributed by atoms with Crippen molar-refractivity contribution in [3.63, 3.8) is 0 Å². The largest absolute Gasteiger partial charge is 0.392 e. The molecule has 2 rings (SSSR count). The van der Waals surface area contributed by atoms with E-state index in [9.17, 15) is 22.4 Å². The topological polar surface area (TPSA) is 29.1 Å². The van der Waals surface area contributed by atoms with Crippen LogP contribution in [0.3, 0.4) is 0 Å². The highest BCUT2D eigenvalue weighted by atomic mass is 19.4. The maximum absolute atomic E-state index is 14.2. The van der Waals surface area contributed by atoms with Crippen molar-refractivity contribution in [2.45, 2.75) is 52.6 Å². The number of hydrogen-bond acceptors (Lipinski definition) is 1. The minimum atomic E-state index is -4.57. The van der Waals surface area contributed by atoms with E-state index in [0.717, 1.165) is 24.5 Å². The summed E-state index contributed by atoms with van der Waals surface area (Å²) in [5.41, 5.74) is 1.92. The molecule has 0 aliphatic rings. The molecule has 0 saturated heterocycles. The van der Waals surface area contributed by atoms with Crippen LogP contribution in [0, 0.1) is 17.7 Å². The molecular weight excluding hydrogens is 382 g/mol. The lowest BCUT2D eigenvalue weighted by atomic mass is 9.85. The molecule has 2 aromatic carbocycles. The number of benzene rings is 2. The third-order valence-corrected chi connectivity index (χ3v) is 4.98. The van der Waals surface area contributed by atoms with E-state index in [-0.39, 0.29) is 11.3 Å². The molecule has 6 heteroatoms. The summed E-state index contributed by atoms with van der Waals surface area (Å²) in [6.07, 6.45) is -3.16. The molecule has 0 aromatic heterocycles. The first kappa shape index (κ1) is 22.9. The minimum Gasteiger partial charge on any atom is -0.323 e. The third kappa shape index (κ3) is 6.05. The van der Waals surface area contributed by atoms with Crippen LogP contribution in [0.25, 0.3) is 0 Å². The van der Waals surface area contributed by atoms with Gasteiger partial charge in [0.1, 0.15) is 5.82 Å². The summed E-state index contributed by atoms with van der Waals surface area (Å²) < 4.78 is 54.6. The standard InChI is InChI=1S/C23H27F4NO/c1-5-16-6-9-18(10-7-16)21(15(4)23(25,26)27)22(29)28-20-13-17(12-14(2)3)8-11-19(20)24/h6-11,13-15,21H,5,12H2,1-4H3,(H,28,29)/t15-,21+/m1/s1. The van der Waals surface area contributed by atoms with Gasteiger partial charge in [-0.3, -0.25) is 4.79 Å². The molecule has 0 radical (unpaired) electrons. The Morgan fingerprint density at radius 2 is 1.59 bits per heavy atom. The number of halogens is 4. The number of carbonyl (C=O) groups is 1. The van der Waals surface area contributed by atoms with E-state index in [2.05, 4.69) is 5.32 Å². The van der Waals surface area contributed by atoms with E-state index in [1.54, 1.807) is 18.2 Å². The summed E-state index contributed by atoms with van der Waals surface area (Å²) in [5, 5.41) is 2.39. The Morgan fingerprint density at radius 1 is 1.00 bits per heavy atom. The number of aryl methyl sites for hydroxylation is 1. The zero-order chi connectivity index (χ0) is 21.8. The summed E-state index contributed by atoms with van der Waals surface area (Å²) in [5.74, 6) is -4.63. The smallest absolute Gasteiger partial charge is 0.323 e. The molecule has 0 bridgehead atoms. The maximum Gasteiger partial charge on any atom is 0.392 e. The average Bonchev–Trinajstić information content (AvgIpc) is 2.64. The van der Waals surface area contributed by atoms with Gasteiger partial charge in [0.05, 0.1) is 17.5 Å². The van der Waals surface area contributed by atoms with E-state index in [4.69, 9.17) is 0 Å². The molecular formula is C23H27F4NO. The zero-order valence-electron chi connectivity index (χ0n) is 17.1. The molecule has 0 saturated carbocycles. The highest BCUT2D eigenvalue weighted by molar-refractivity contribution is 5.96. The number of alkyl halides is 3. The molecule has 29 heavy (non-hydrogen) atoms. The summed E-state index contributed by atoms with van der Waals surface area (Å²) in [6, 6.07) is 10.8. The highest BCUT2D eigenvalue weighted by Crippen LogP contribution is 2.38. The monoisotopic (exact) mass is 409 g/mol. The zero-order valence-corrected chi connectivity index (χ0v) is 17.1. The number of anilines is 1. The van der Waals surface area contributed by atoms with Crippen LogP contribution in [0.15, 0.2) is 42.5 Å². The van der Waals surface area contributed by atoms with Crippen molar-refractivity contribution in [1.82, 2.24) is 0 Å². The molecule has 158 valence electrons. The summed E-state index contributed by atoms with van der Waals surface area (Å²) in [6.45, 7) is 6.92. The number of carbonyl (C=O) groups excluding carboxylic acids is 1. The Kier molecular flexibility index (Phi) is 7.44. The number of amides is 1. The molecule has 0 aliphatic carbocycles. The third-order valence-electron chi connectivity index (χ3n) is 4.98. The van der Waals surface area contributed by atoms with E-state index >= 15 is 0 Å². The van der Waals surface area contributed by atoms with Gasteiger partial charge < -0.3 is 5.32 Å². The molecule has 2 atom stereocenters. The highest BCUT2D eigenvalue weighted by Gasteiger charge is 2.45. The van der Waals surface area contributed by atoms with Crippen LogP contribution >= 0.6 is 0 Å². The Labute approximate surface area is 169 Å². The fourth-order valence-electron chi connectivity index (χ4n) is 3.29. The molecule has 0 spiro atoms. The van der Waals surface area contributed by atoms with Gasteiger partial charge in [-0.15, -0.1) is 0 Å². The minimum absolute atomic E-state index is 0.0993. The number of hydrogen-bond donors (Lipinski definition) is 1. The van der Waals surface area contributed by atoms with Gasteiger partial charge in [-0.2, -0.15) is 13.2 Å². The Morgan fingerprint density at radius 3 is 2.10 bits per heavy atom. The van der Waals surface area contributed by atoms with Gasteiger partial charge in [0.15, 0.2) is 0 Å². The first-order valence-corrected chi connectivity index (χ1v) is 9.77. The van der Waals surface area contributed by atoms with Crippen molar-refractivity contribution in [2.75, 3.05) is 5.32 Å². The summed E-state index contributed by atoms with van der Waals surface area (Å²) in [7, 11) is 0. The van der Waals surface area contributed by atoms with Crippen molar-refractivity contribution in [3.05, 3.63) is 65.0 Å². The van der Waals surface area contributed by atoms with Gasteiger partial charge in [-0.05, 0) is 47.6 Å². The first-order valence-electron chi connectivity index (χ1n) is 9.77. The molecule has 0 heterocycles. The van der Waals surface area contributed by atoms with Crippen LogP contribution in [0.2, 0.25) is 0 Å². The van der Waals surface area contributed by atoms with Crippen LogP contribution in [0.4, 0.5) is 23.2 Å². The molecule has 1 amide bonds. The fourth-order valence-corrected chi connectivity index (χ4v) is 3.29. The number of rotatable bonds is 7. The van der Waals surface area contributed by atoms with Gasteiger partial charge in [0.2, 0.25) is 5.91 Å². The quantitative estimate of drug-likeness (QED) is 0.519. The van der Waals surface area contributed by atoms with Crippen LogP contribution in [-0.2, 0) is 17.6 Å². The SMILES string of the molecule is CCc1ccc([C@@H](C(=O)Nc2cc(CC(C)C)ccc2F)[C@@H](C)C(F)(F)F)cc1.